The van der Waals surface area contributed by atoms with Gasteiger partial charge >= 0.3 is 6.16 Å². The first-order chi connectivity index (χ1) is 5.94. The number of rotatable bonds is 3. The standard InChI is InChI=1S/C8H11FO4/c1-5(9)4-11-8(3)6(2)12-7(10)13-8/h6H,1,4H2,2-3H3. The predicted molar refractivity (Wildman–Crippen MR) is 41.6 cm³/mol. The molecule has 0 saturated carbocycles. The van der Waals surface area contributed by atoms with Crippen molar-refractivity contribution < 1.29 is 23.4 Å². The molecular weight excluding hydrogens is 179 g/mol. The normalized spacial score (nSPS) is 32.5. The van der Waals surface area contributed by atoms with Gasteiger partial charge in [-0.05, 0) is 6.92 Å². The number of carbonyl (C=O) groups is 1. The molecule has 0 radical (unpaired) electrons. The predicted octanol–water partition coefficient (Wildman–Crippen LogP) is 1.76. The molecule has 0 aliphatic carbocycles. The quantitative estimate of drug-likeness (QED) is 0.636. The van der Waals surface area contributed by atoms with E-state index in [1.165, 1.54) is 6.92 Å². The number of carbonyl (C=O) groups excluding carboxylic acids is 1. The molecule has 4 nitrogen and oxygen atoms in total. The maximum absolute atomic E-state index is 12.2. The molecule has 1 rings (SSSR count). The summed E-state index contributed by atoms with van der Waals surface area (Å²) in [6, 6.07) is 0. The van der Waals surface area contributed by atoms with Crippen molar-refractivity contribution in [1.29, 1.82) is 0 Å². The van der Waals surface area contributed by atoms with Crippen LogP contribution in [-0.2, 0) is 14.2 Å². The van der Waals surface area contributed by atoms with Gasteiger partial charge in [0, 0.05) is 6.92 Å². The fraction of sp³-hybridized carbons (Fsp3) is 0.625. The molecule has 0 bridgehead atoms. The highest BCUT2D eigenvalue weighted by Gasteiger charge is 2.46. The zero-order valence-corrected chi connectivity index (χ0v) is 7.50. The third-order valence-electron chi connectivity index (χ3n) is 1.81. The third-order valence-corrected chi connectivity index (χ3v) is 1.81. The van der Waals surface area contributed by atoms with E-state index in [0.717, 1.165) is 0 Å². The Labute approximate surface area is 75.3 Å². The molecule has 5 heteroatoms. The molecule has 0 aromatic heterocycles. The minimum atomic E-state index is -1.22. The van der Waals surface area contributed by atoms with Gasteiger partial charge in [0.1, 0.15) is 12.4 Å². The lowest BCUT2D eigenvalue weighted by Gasteiger charge is -2.23. The van der Waals surface area contributed by atoms with E-state index in [1.807, 2.05) is 0 Å². The number of cyclic esters (lactones) is 2. The molecule has 0 aromatic carbocycles. The fourth-order valence-corrected chi connectivity index (χ4v) is 0.892. The van der Waals surface area contributed by atoms with E-state index in [2.05, 4.69) is 11.3 Å². The summed E-state index contributed by atoms with van der Waals surface area (Å²) in [4.78, 5) is 10.7. The summed E-state index contributed by atoms with van der Waals surface area (Å²) in [5.41, 5.74) is 0. The van der Waals surface area contributed by atoms with E-state index < -0.39 is 23.9 Å². The smallest absolute Gasteiger partial charge is 0.424 e. The van der Waals surface area contributed by atoms with Gasteiger partial charge in [-0.3, -0.25) is 0 Å². The molecule has 0 N–H and O–H groups in total. The molecule has 1 fully saturated rings. The van der Waals surface area contributed by atoms with Crippen LogP contribution in [0.1, 0.15) is 13.8 Å². The molecule has 0 spiro atoms. The van der Waals surface area contributed by atoms with Crippen molar-refractivity contribution in [3.05, 3.63) is 12.4 Å². The van der Waals surface area contributed by atoms with Crippen molar-refractivity contribution in [3.63, 3.8) is 0 Å². The molecule has 0 aromatic rings. The first kappa shape index (κ1) is 9.98. The zero-order valence-electron chi connectivity index (χ0n) is 7.50. The Bertz CT molecular complexity index is 240. The van der Waals surface area contributed by atoms with Gasteiger partial charge in [-0.1, -0.05) is 6.58 Å². The van der Waals surface area contributed by atoms with Gasteiger partial charge in [-0.15, -0.1) is 0 Å². The van der Waals surface area contributed by atoms with Gasteiger partial charge in [-0.2, -0.15) is 0 Å². The van der Waals surface area contributed by atoms with Crippen molar-refractivity contribution in [2.24, 2.45) is 0 Å². The third kappa shape index (κ3) is 2.18. The van der Waals surface area contributed by atoms with Gasteiger partial charge in [0.25, 0.3) is 5.79 Å². The maximum Gasteiger partial charge on any atom is 0.511 e. The first-order valence-corrected chi connectivity index (χ1v) is 3.81. The van der Waals surface area contributed by atoms with Crippen LogP contribution in [0.4, 0.5) is 9.18 Å². The van der Waals surface area contributed by atoms with Gasteiger partial charge < -0.3 is 14.2 Å². The minimum absolute atomic E-state index is 0.308. The second-order valence-corrected chi connectivity index (χ2v) is 2.93. The SMILES string of the molecule is C=C(F)COC1(C)OC(=O)OC1C. The summed E-state index contributed by atoms with van der Waals surface area (Å²) in [5, 5.41) is 0. The molecular formula is C8H11FO4. The lowest BCUT2D eigenvalue weighted by atomic mass is 10.2. The van der Waals surface area contributed by atoms with Crippen molar-refractivity contribution in [2.75, 3.05) is 6.61 Å². The monoisotopic (exact) mass is 190 g/mol. The van der Waals surface area contributed by atoms with Crippen LogP contribution in [0.15, 0.2) is 12.4 Å². The molecule has 1 aliphatic heterocycles. The van der Waals surface area contributed by atoms with Gasteiger partial charge in [-0.25, -0.2) is 9.18 Å². The number of ether oxygens (including phenoxy) is 3. The topological polar surface area (TPSA) is 44.8 Å². The van der Waals surface area contributed by atoms with E-state index in [-0.39, 0.29) is 6.61 Å². The Morgan fingerprint density at radius 3 is 2.85 bits per heavy atom. The molecule has 1 heterocycles. The Balaban J connectivity index is 2.55. The Kier molecular flexibility index (Phi) is 2.56. The summed E-state index contributed by atoms with van der Waals surface area (Å²) >= 11 is 0. The van der Waals surface area contributed by atoms with Crippen LogP contribution >= 0.6 is 0 Å². The summed E-state index contributed by atoms with van der Waals surface area (Å²) < 4.78 is 26.6. The van der Waals surface area contributed by atoms with Crippen LogP contribution in [-0.4, -0.2) is 24.7 Å². The van der Waals surface area contributed by atoms with Crippen LogP contribution in [0.3, 0.4) is 0 Å². The molecule has 0 amide bonds. The summed E-state index contributed by atoms with van der Waals surface area (Å²) in [5.74, 6) is -1.84. The highest BCUT2D eigenvalue weighted by Crippen LogP contribution is 2.28. The molecule has 1 aliphatic rings. The first-order valence-electron chi connectivity index (χ1n) is 3.81. The van der Waals surface area contributed by atoms with E-state index in [1.54, 1.807) is 6.92 Å². The second-order valence-electron chi connectivity index (χ2n) is 2.93. The van der Waals surface area contributed by atoms with Crippen molar-refractivity contribution in [1.82, 2.24) is 0 Å². The minimum Gasteiger partial charge on any atom is -0.424 e. The Hall–Kier alpha value is -1.10. The van der Waals surface area contributed by atoms with Crippen molar-refractivity contribution >= 4 is 6.16 Å². The summed E-state index contributed by atoms with van der Waals surface area (Å²) in [7, 11) is 0. The van der Waals surface area contributed by atoms with Crippen LogP contribution in [0.2, 0.25) is 0 Å². The molecule has 13 heavy (non-hydrogen) atoms. The van der Waals surface area contributed by atoms with Crippen LogP contribution in [0.5, 0.6) is 0 Å². The highest BCUT2D eigenvalue weighted by molar-refractivity contribution is 5.62. The average Bonchev–Trinajstić information content (AvgIpc) is 2.23. The fourth-order valence-electron chi connectivity index (χ4n) is 0.892. The molecule has 2 unspecified atom stereocenters. The number of hydrogen-bond donors (Lipinski definition) is 0. The molecule has 74 valence electrons. The number of hydrogen-bond acceptors (Lipinski definition) is 4. The van der Waals surface area contributed by atoms with E-state index in [9.17, 15) is 9.18 Å². The van der Waals surface area contributed by atoms with Crippen molar-refractivity contribution in [2.45, 2.75) is 25.7 Å². The Morgan fingerprint density at radius 2 is 2.46 bits per heavy atom. The molecule has 2 atom stereocenters. The van der Waals surface area contributed by atoms with E-state index >= 15 is 0 Å². The van der Waals surface area contributed by atoms with Gasteiger partial charge in [0.15, 0.2) is 6.10 Å². The van der Waals surface area contributed by atoms with E-state index in [0.29, 0.717) is 0 Å². The van der Waals surface area contributed by atoms with Crippen LogP contribution < -0.4 is 0 Å². The highest BCUT2D eigenvalue weighted by atomic mass is 19.1. The van der Waals surface area contributed by atoms with Gasteiger partial charge in [0.2, 0.25) is 0 Å². The van der Waals surface area contributed by atoms with Crippen molar-refractivity contribution in [3.8, 4) is 0 Å². The lowest BCUT2D eigenvalue weighted by molar-refractivity contribution is -0.182. The lowest BCUT2D eigenvalue weighted by Crippen LogP contribution is -2.38. The molecule has 1 saturated heterocycles. The average molecular weight is 190 g/mol. The zero-order chi connectivity index (χ0) is 10.1. The second kappa shape index (κ2) is 3.33. The van der Waals surface area contributed by atoms with Crippen LogP contribution in [0, 0.1) is 0 Å². The largest absolute Gasteiger partial charge is 0.511 e. The van der Waals surface area contributed by atoms with Gasteiger partial charge in [0.05, 0.1) is 0 Å². The Morgan fingerprint density at radius 1 is 1.85 bits per heavy atom. The maximum atomic E-state index is 12.2. The number of halogens is 1. The van der Waals surface area contributed by atoms with E-state index in [4.69, 9.17) is 9.47 Å². The van der Waals surface area contributed by atoms with Crippen LogP contribution in [0.25, 0.3) is 0 Å². The summed E-state index contributed by atoms with van der Waals surface area (Å²) in [6.07, 6.45) is -1.36. The summed E-state index contributed by atoms with van der Waals surface area (Å²) in [6.45, 7) is 5.82.